The van der Waals surface area contributed by atoms with Crippen molar-refractivity contribution in [2.45, 2.75) is 39.2 Å². The fourth-order valence-corrected chi connectivity index (χ4v) is 1.02. The van der Waals surface area contributed by atoms with Crippen LogP contribution in [0.2, 0.25) is 0 Å². The summed E-state index contributed by atoms with van der Waals surface area (Å²) in [4.78, 5) is 6.58. The van der Waals surface area contributed by atoms with Crippen LogP contribution in [0, 0.1) is 0 Å². The number of aliphatic imine (C=N–C) groups is 1. The standard InChI is InChI=1S/C10H18N2/c1-10(2,3)11-9-12-7-5-4-6-8-12/h5,7,9H,4,6,8H2,1-3H3. The van der Waals surface area contributed by atoms with Gasteiger partial charge >= 0.3 is 0 Å². The first-order chi connectivity index (χ1) is 5.58. The van der Waals surface area contributed by atoms with E-state index in [2.05, 4.69) is 42.9 Å². The van der Waals surface area contributed by atoms with Crippen molar-refractivity contribution in [3.05, 3.63) is 12.3 Å². The van der Waals surface area contributed by atoms with E-state index in [4.69, 9.17) is 0 Å². The molecule has 2 heteroatoms. The third kappa shape index (κ3) is 3.56. The van der Waals surface area contributed by atoms with Crippen LogP contribution in [0.3, 0.4) is 0 Å². The Hall–Kier alpha value is -0.790. The zero-order valence-electron chi connectivity index (χ0n) is 8.25. The van der Waals surface area contributed by atoms with Crippen LogP contribution in [0.4, 0.5) is 0 Å². The molecular weight excluding hydrogens is 148 g/mol. The average molecular weight is 166 g/mol. The Bertz CT molecular complexity index is 187. The predicted octanol–water partition coefficient (Wildman–Crippen LogP) is 2.42. The van der Waals surface area contributed by atoms with E-state index in [0.29, 0.717) is 0 Å². The van der Waals surface area contributed by atoms with Crippen LogP contribution in [-0.2, 0) is 0 Å². The van der Waals surface area contributed by atoms with Gasteiger partial charge in [-0.15, -0.1) is 0 Å². The van der Waals surface area contributed by atoms with E-state index in [1.54, 1.807) is 0 Å². The average Bonchev–Trinajstić information content (AvgIpc) is 2.02. The van der Waals surface area contributed by atoms with Crippen LogP contribution < -0.4 is 0 Å². The quantitative estimate of drug-likeness (QED) is 0.431. The molecule has 0 aromatic carbocycles. The van der Waals surface area contributed by atoms with Gasteiger partial charge < -0.3 is 4.90 Å². The Kier molecular flexibility index (Phi) is 2.90. The van der Waals surface area contributed by atoms with Crippen LogP contribution in [0.1, 0.15) is 33.6 Å². The first kappa shape index (κ1) is 9.30. The molecule has 1 heterocycles. The summed E-state index contributed by atoms with van der Waals surface area (Å²) in [5, 5.41) is 0. The summed E-state index contributed by atoms with van der Waals surface area (Å²) in [6, 6.07) is 0. The predicted molar refractivity (Wildman–Crippen MR) is 53.3 cm³/mol. The second-order valence-electron chi connectivity index (χ2n) is 4.18. The minimum absolute atomic E-state index is 0.0469. The number of allylic oxidation sites excluding steroid dienone is 1. The lowest BCUT2D eigenvalue weighted by Gasteiger charge is -2.20. The van der Waals surface area contributed by atoms with Crippen molar-refractivity contribution < 1.29 is 0 Å². The van der Waals surface area contributed by atoms with E-state index in [0.717, 1.165) is 6.54 Å². The normalized spacial score (nSPS) is 19.1. The SMILES string of the molecule is CC(C)(C)N=CN1C=CCCC1. The van der Waals surface area contributed by atoms with E-state index >= 15 is 0 Å². The van der Waals surface area contributed by atoms with Crippen molar-refractivity contribution >= 4 is 6.34 Å². The van der Waals surface area contributed by atoms with Crippen LogP contribution in [0.5, 0.6) is 0 Å². The number of hydrogen-bond acceptors (Lipinski definition) is 1. The molecule has 0 saturated heterocycles. The molecule has 0 amide bonds. The Morgan fingerprint density at radius 3 is 2.67 bits per heavy atom. The molecule has 12 heavy (non-hydrogen) atoms. The molecule has 0 aromatic heterocycles. The van der Waals surface area contributed by atoms with Gasteiger partial charge in [0, 0.05) is 12.7 Å². The molecule has 1 aliphatic rings. The van der Waals surface area contributed by atoms with Gasteiger partial charge in [0.25, 0.3) is 0 Å². The minimum atomic E-state index is 0.0469. The van der Waals surface area contributed by atoms with Crippen LogP contribution >= 0.6 is 0 Å². The molecule has 2 nitrogen and oxygen atoms in total. The van der Waals surface area contributed by atoms with Crippen LogP contribution in [-0.4, -0.2) is 23.3 Å². The topological polar surface area (TPSA) is 15.6 Å². The van der Waals surface area contributed by atoms with Gasteiger partial charge in [-0.1, -0.05) is 6.08 Å². The summed E-state index contributed by atoms with van der Waals surface area (Å²) in [5.74, 6) is 0. The zero-order chi connectivity index (χ0) is 9.03. The van der Waals surface area contributed by atoms with Crippen molar-refractivity contribution in [1.29, 1.82) is 0 Å². The highest BCUT2D eigenvalue weighted by atomic mass is 15.1. The summed E-state index contributed by atoms with van der Waals surface area (Å²) >= 11 is 0. The maximum Gasteiger partial charge on any atom is 0.0896 e. The largest absolute Gasteiger partial charge is 0.340 e. The van der Waals surface area contributed by atoms with Gasteiger partial charge in [0.2, 0.25) is 0 Å². The Labute approximate surface area is 75.0 Å². The number of hydrogen-bond donors (Lipinski definition) is 0. The van der Waals surface area contributed by atoms with Crippen molar-refractivity contribution in [3.8, 4) is 0 Å². The smallest absolute Gasteiger partial charge is 0.0896 e. The van der Waals surface area contributed by atoms with Crippen molar-refractivity contribution in [1.82, 2.24) is 4.90 Å². The lowest BCUT2D eigenvalue weighted by molar-refractivity contribution is 0.504. The maximum atomic E-state index is 4.43. The zero-order valence-corrected chi connectivity index (χ0v) is 8.25. The number of nitrogens with zero attached hydrogens (tertiary/aromatic N) is 2. The van der Waals surface area contributed by atoms with Gasteiger partial charge in [0.1, 0.15) is 0 Å². The third-order valence-corrected chi connectivity index (χ3v) is 1.68. The van der Waals surface area contributed by atoms with Gasteiger partial charge in [-0.2, -0.15) is 0 Å². The van der Waals surface area contributed by atoms with Crippen LogP contribution in [0.15, 0.2) is 17.3 Å². The summed E-state index contributed by atoms with van der Waals surface area (Å²) in [5.41, 5.74) is 0.0469. The van der Waals surface area contributed by atoms with Crippen molar-refractivity contribution in [2.75, 3.05) is 6.54 Å². The second-order valence-corrected chi connectivity index (χ2v) is 4.18. The monoisotopic (exact) mass is 166 g/mol. The summed E-state index contributed by atoms with van der Waals surface area (Å²) in [6.45, 7) is 7.43. The van der Waals surface area contributed by atoms with Gasteiger partial charge in [-0.3, -0.25) is 4.99 Å². The van der Waals surface area contributed by atoms with Crippen molar-refractivity contribution in [2.24, 2.45) is 4.99 Å². The summed E-state index contributed by atoms with van der Waals surface area (Å²) in [6.07, 6.45) is 8.69. The Balaban J connectivity index is 2.44. The molecule has 0 radical (unpaired) electrons. The molecule has 0 aliphatic carbocycles. The molecule has 68 valence electrons. The number of rotatable bonds is 1. The molecule has 1 rings (SSSR count). The van der Waals surface area contributed by atoms with E-state index in [-0.39, 0.29) is 5.54 Å². The van der Waals surface area contributed by atoms with Crippen LogP contribution in [0.25, 0.3) is 0 Å². The van der Waals surface area contributed by atoms with Gasteiger partial charge in [0.05, 0.1) is 11.9 Å². The summed E-state index contributed by atoms with van der Waals surface area (Å²) < 4.78 is 0. The highest BCUT2D eigenvalue weighted by Crippen LogP contribution is 2.07. The lowest BCUT2D eigenvalue weighted by atomic mass is 10.1. The molecule has 0 unspecified atom stereocenters. The van der Waals surface area contributed by atoms with E-state index in [1.165, 1.54) is 12.8 Å². The highest BCUT2D eigenvalue weighted by Gasteiger charge is 2.06. The summed E-state index contributed by atoms with van der Waals surface area (Å²) in [7, 11) is 0. The fourth-order valence-electron chi connectivity index (χ4n) is 1.02. The third-order valence-electron chi connectivity index (χ3n) is 1.68. The molecule has 0 fully saturated rings. The first-order valence-electron chi connectivity index (χ1n) is 4.56. The first-order valence-corrected chi connectivity index (χ1v) is 4.56. The van der Waals surface area contributed by atoms with Gasteiger partial charge in [-0.25, -0.2) is 0 Å². The van der Waals surface area contributed by atoms with E-state index in [1.807, 2.05) is 6.34 Å². The molecule has 0 aromatic rings. The van der Waals surface area contributed by atoms with Gasteiger partial charge in [-0.05, 0) is 33.6 Å². The Morgan fingerprint density at radius 1 is 1.42 bits per heavy atom. The Morgan fingerprint density at radius 2 is 2.17 bits per heavy atom. The fraction of sp³-hybridized carbons (Fsp3) is 0.700. The highest BCUT2D eigenvalue weighted by molar-refractivity contribution is 5.57. The lowest BCUT2D eigenvalue weighted by Crippen LogP contribution is -2.21. The van der Waals surface area contributed by atoms with E-state index < -0.39 is 0 Å². The minimum Gasteiger partial charge on any atom is -0.340 e. The molecule has 1 aliphatic heterocycles. The molecule has 0 N–H and O–H groups in total. The molecule has 0 bridgehead atoms. The van der Waals surface area contributed by atoms with Gasteiger partial charge in [0.15, 0.2) is 0 Å². The van der Waals surface area contributed by atoms with Crippen molar-refractivity contribution in [3.63, 3.8) is 0 Å². The second kappa shape index (κ2) is 3.74. The molecule has 0 saturated carbocycles. The molecule has 0 spiro atoms. The maximum absolute atomic E-state index is 4.43. The molecular formula is C10H18N2. The van der Waals surface area contributed by atoms with E-state index in [9.17, 15) is 0 Å². The molecule has 0 atom stereocenters.